The van der Waals surface area contributed by atoms with Crippen LogP contribution in [0.15, 0.2) is 0 Å². The molecule has 1 saturated heterocycles. The first-order valence-corrected chi connectivity index (χ1v) is 7.32. The quantitative estimate of drug-likeness (QED) is 0.725. The van der Waals surface area contributed by atoms with Gasteiger partial charge in [0.2, 0.25) is 21.8 Å². The van der Waals surface area contributed by atoms with Crippen LogP contribution in [0.4, 0.5) is 0 Å². The summed E-state index contributed by atoms with van der Waals surface area (Å²) in [6.07, 6.45) is 0. The smallest absolute Gasteiger partial charge is 0.247 e. The highest BCUT2D eigenvalue weighted by Gasteiger charge is 2.47. The first kappa shape index (κ1) is 15.1. The van der Waals surface area contributed by atoms with Crippen molar-refractivity contribution in [3.8, 4) is 0 Å². The van der Waals surface area contributed by atoms with Crippen molar-refractivity contribution in [3.05, 3.63) is 0 Å². The van der Waals surface area contributed by atoms with Gasteiger partial charge in [-0.1, -0.05) is 20.8 Å². The summed E-state index contributed by atoms with van der Waals surface area (Å²) in [6, 6.07) is 0. The molecule has 6 nitrogen and oxygen atoms in total. The number of piperazine rings is 1. The summed E-state index contributed by atoms with van der Waals surface area (Å²) < 4.78 is 25.6. The number of nitrogens with zero attached hydrogens (tertiary/aromatic N) is 1. The first-order chi connectivity index (χ1) is 7.86. The molecule has 0 aromatic carbocycles. The molecule has 1 rings (SSSR count). The van der Waals surface area contributed by atoms with E-state index in [-0.39, 0.29) is 12.3 Å². The molecule has 1 aliphatic heterocycles. The lowest BCUT2D eigenvalue weighted by atomic mass is 10.0. The summed E-state index contributed by atoms with van der Waals surface area (Å²) in [7, 11) is -3.66. The Morgan fingerprint density at radius 3 is 2.22 bits per heavy atom. The van der Waals surface area contributed by atoms with E-state index in [1.807, 2.05) is 0 Å². The van der Waals surface area contributed by atoms with Crippen molar-refractivity contribution in [3.63, 3.8) is 0 Å². The average Bonchev–Trinajstić information content (AvgIpc) is 2.07. The standard InChI is InChI=1S/C11H20N2O4S/c1-10(2,3)7-18(16,17)13-6-8(14)12-9(15)11(13,4)5/h6-7H2,1-5H3,(H,12,14,15). The van der Waals surface area contributed by atoms with Gasteiger partial charge in [0.25, 0.3) is 0 Å². The molecular formula is C11H20N2O4S. The van der Waals surface area contributed by atoms with Crippen molar-refractivity contribution in [2.75, 3.05) is 12.3 Å². The van der Waals surface area contributed by atoms with Gasteiger partial charge >= 0.3 is 0 Å². The van der Waals surface area contributed by atoms with Crippen LogP contribution >= 0.6 is 0 Å². The second-order valence-electron chi connectivity index (χ2n) is 6.26. The van der Waals surface area contributed by atoms with Gasteiger partial charge in [0.15, 0.2) is 0 Å². The molecule has 104 valence electrons. The van der Waals surface area contributed by atoms with Crippen LogP contribution in [0.5, 0.6) is 0 Å². The Hall–Kier alpha value is -0.950. The molecule has 0 aromatic heterocycles. The predicted molar refractivity (Wildman–Crippen MR) is 67.2 cm³/mol. The lowest BCUT2D eigenvalue weighted by Crippen LogP contribution is -2.66. The molecule has 1 heterocycles. The zero-order chi connectivity index (χ0) is 14.4. The summed E-state index contributed by atoms with van der Waals surface area (Å²) in [6.45, 7) is 8.07. The van der Waals surface area contributed by atoms with Crippen LogP contribution in [0, 0.1) is 5.41 Å². The third kappa shape index (κ3) is 3.08. The zero-order valence-corrected chi connectivity index (χ0v) is 12.2. The molecule has 0 aliphatic carbocycles. The summed E-state index contributed by atoms with van der Waals surface area (Å²) >= 11 is 0. The molecule has 0 aromatic rings. The van der Waals surface area contributed by atoms with Gasteiger partial charge in [-0.15, -0.1) is 0 Å². The van der Waals surface area contributed by atoms with Gasteiger partial charge in [-0.05, 0) is 19.3 Å². The molecule has 18 heavy (non-hydrogen) atoms. The van der Waals surface area contributed by atoms with Gasteiger partial charge in [0.1, 0.15) is 5.54 Å². The maximum absolute atomic E-state index is 12.3. The van der Waals surface area contributed by atoms with Gasteiger partial charge in [-0.3, -0.25) is 14.9 Å². The van der Waals surface area contributed by atoms with E-state index in [9.17, 15) is 18.0 Å². The third-order valence-electron chi connectivity index (χ3n) is 2.67. The summed E-state index contributed by atoms with van der Waals surface area (Å²) in [4.78, 5) is 23.1. The highest BCUT2D eigenvalue weighted by atomic mass is 32.2. The summed E-state index contributed by atoms with van der Waals surface area (Å²) in [5, 5.41) is 2.15. The number of amides is 2. The Balaban J connectivity index is 3.13. The highest BCUT2D eigenvalue weighted by Crippen LogP contribution is 2.26. The maximum Gasteiger partial charge on any atom is 0.247 e. The van der Waals surface area contributed by atoms with Crippen LogP contribution in [-0.4, -0.2) is 42.4 Å². The van der Waals surface area contributed by atoms with E-state index in [1.54, 1.807) is 20.8 Å². The van der Waals surface area contributed by atoms with Gasteiger partial charge < -0.3 is 0 Å². The molecule has 0 unspecified atom stereocenters. The van der Waals surface area contributed by atoms with Gasteiger partial charge in [0.05, 0.1) is 12.3 Å². The fraction of sp³-hybridized carbons (Fsp3) is 0.818. The topological polar surface area (TPSA) is 83.6 Å². The number of imide groups is 1. The van der Waals surface area contributed by atoms with E-state index in [0.29, 0.717) is 0 Å². The Kier molecular flexibility index (Phi) is 3.62. The van der Waals surface area contributed by atoms with Gasteiger partial charge in [-0.25, -0.2) is 8.42 Å². The summed E-state index contributed by atoms with van der Waals surface area (Å²) in [5.41, 5.74) is -1.68. The zero-order valence-electron chi connectivity index (χ0n) is 11.4. The number of hydrogen-bond donors (Lipinski definition) is 1. The highest BCUT2D eigenvalue weighted by molar-refractivity contribution is 7.89. The van der Waals surface area contributed by atoms with Crippen LogP contribution in [0.25, 0.3) is 0 Å². The number of carbonyl (C=O) groups is 2. The van der Waals surface area contributed by atoms with Crippen molar-refractivity contribution >= 4 is 21.8 Å². The van der Waals surface area contributed by atoms with Crippen molar-refractivity contribution in [2.45, 2.75) is 40.2 Å². The Morgan fingerprint density at radius 2 is 1.78 bits per heavy atom. The van der Waals surface area contributed by atoms with Crippen LogP contribution in [0.1, 0.15) is 34.6 Å². The molecule has 1 N–H and O–H groups in total. The molecule has 0 atom stereocenters. The third-order valence-corrected chi connectivity index (χ3v) is 5.16. The Labute approximate surface area is 108 Å². The SMILES string of the molecule is CC(C)(C)CS(=O)(=O)N1CC(=O)NC(=O)C1(C)C. The molecule has 0 spiro atoms. The first-order valence-electron chi connectivity index (χ1n) is 5.71. The molecule has 0 saturated carbocycles. The monoisotopic (exact) mass is 276 g/mol. The number of sulfonamides is 1. The number of rotatable bonds is 2. The molecule has 0 bridgehead atoms. The second kappa shape index (κ2) is 4.31. The predicted octanol–water partition coefficient (Wildman–Crippen LogP) is 0.0993. The molecule has 1 fully saturated rings. The Bertz CT molecular complexity index is 474. The molecule has 7 heteroatoms. The normalized spacial score (nSPS) is 21.8. The molecule has 1 aliphatic rings. The molecule has 0 radical (unpaired) electrons. The van der Waals surface area contributed by atoms with E-state index in [0.717, 1.165) is 4.31 Å². The molecular weight excluding hydrogens is 256 g/mol. The maximum atomic E-state index is 12.3. The van der Waals surface area contributed by atoms with E-state index in [4.69, 9.17) is 0 Å². The van der Waals surface area contributed by atoms with E-state index < -0.39 is 32.8 Å². The van der Waals surface area contributed by atoms with Crippen LogP contribution in [0.2, 0.25) is 0 Å². The van der Waals surface area contributed by atoms with E-state index >= 15 is 0 Å². The molecule has 2 amide bonds. The number of hydrogen-bond acceptors (Lipinski definition) is 4. The number of carbonyl (C=O) groups excluding carboxylic acids is 2. The Morgan fingerprint density at radius 1 is 1.28 bits per heavy atom. The fourth-order valence-electron chi connectivity index (χ4n) is 1.83. The van der Waals surface area contributed by atoms with Gasteiger partial charge in [0, 0.05) is 0 Å². The minimum absolute atomic E-state index is 0.107. The lowest BCUT2D eigenvalue weighted by Gasteiger charge is -2.40. The minimum atomic E-state index is -3.66. The largest absolute Gasteiger partial charge is 0.294 e. The summed E-state index contributed by atoms with van der Waals surface area (Å²) in [5.74, 6) is -1.28. The minimum Gasteiger partial charge on any atom is -0.294 e. The fourth-order valence-corrected chi connectivity index (χ4v) is 4.17. The van der Waals surface area contributed by atoms with Crippen molar-refractivity contribution in [2.24, 2.45) is 5.41 Å². The van der Waals surface area contributed by atoms with E-state index in [2.05, 4.69) is 5.32 Å². The van der Waals surface area contributed by atoms with E-state index in [1.165, 1.54) is 13.8 Å². The van der Waals surface area contributed by atoms with Crippen LogP contribution in [-0.2, 0) is 19.6 Å². The van der Waals surface area contributed by atoms with Crippen LogP contribution < -0.4 is 5.32 Å². The van der Waals surface area contributed by atoms with Crippen LogP contribution in [0.3, 0.4) is 0 Å². The number of nitrogens with one attached hydrogen (secondary N) is 1. The average molecular weight is 276 g/mol. The lowest BCUT2D eigenvalue weighted by molar-refractivity contribution is -0.141. The van der Waals surface area contributed by atoms with Gasteiger partial charge in [-0.2, -0.15) is 4.31 Å². The van der Waals surface area contributed by atoms with Crippen molar-refractivity contribution in [1.29, 1.82) is 0 Å². The van der Waals surface area contributed by atoms with Crippen molar-refractivity contribution < 1.29 is 18.0 Å². The second-order valence-corrected chi connectivity index (χ2v) is 8.15. The van der Waals surface area contributed by atoms with Crippen molar-refractivity contribution in [1.82, 2.24) is 9.62 Å².